The molecular weight excluding hydrogens is 345 g/mol. The fourth-order valence-electron chi connectivity index (χ4n) is 2.23. The third-order valence-electron chi connectivity index (χ3n) is 3.45. The van der Waals surface area contributed by atoms with Crippen molar-refractivity contribution in [2.45, 2.75) is 6.54 Å². The number of amides is 1. The van der Waals surface area contributed by atoms with Crippen LogP contribution in [0.25, 0.3) is 11.3 Å². The molecule has 0 spiro atoms. The van der Waals surface area contributed by atoms with E-state index in [1.165, 1.54) is 24.3 Å². The summed E-state index contributed by atoms with van der Waals surface area (Å²) in [6.45, 7) is -0.325. The van der Waals surface area contributed by atoms with E-state index >= 15 is 0 Å². The highest BCUT2D eigenvalue weighted by atomic mass is 35.5. The van der Waals surface area contributed by atoms with E-state index < -0.39 is 17.3 Å². The summed E-state index contributed by atoms with van der Waals surface area (Å²) in [5.41, 5.74) is 0.901. The van der Waals surface area contributed by atoms with Crippen molar-refractivity contribution >= 4 is 23.2 Å². The molecule has 0 radical (unpaired) electrons. The Morgan fingerprint density at radius 1 is 1.08 bits per heavy atom. The lowest BCUT2D eigenvalue weighted by molar-refractivity contribution is -0.117. The van der Waals surface area contributed by atoms with Crippen molar-refractivity contribution < 1.29 is 9.18 Å². The average Bonchev–Trinajstić information content (AvgIpc) is 2.60. The molecule has 25 heavy (non-hydrogen) atoms. The molecule has 0 fully saturated rings. The fourth-order valence-corrected chi connectivity index (χ4v) is 2.35. The monoisotopic (exact) mass is 357 g/mol. The Morgan fingerprint density at radius 3 is 2.52 bits per heavy atom. The van der Waals surface area contributed by atoms with E-state index in [1.807, 2.05) is 0 Å². The van der Waals surface area contributed by atoms with Crippen molar-refractivity contribution in [2.75, 3.05) is 5.32 Å². The van der Waals surface area contributed by atoms with Gasteiger partial charge in [-0.05, 0) is 30.3 Å². The summed E-state index contributed by atoms with van der Waals surface area (Å²) in [4.78, 5) is 24.0. The van der Waals surface area contributed by atoms with Crippen LogP contribution in [0.1, 0.15) is 0 Å². The number of benzene rings is 2. The first-order valence-electron chi connectivity index (χ1n) is 7.41. The minimum atomic E-state index is -0.550. The van der Waals surface area contributed by atoms with Gasteiger partial charge in [0.25, 0.3) is 5.56 Å². The van der Waals surface area contributed by atoms with Crippen molar-refractivity contribution in [1.29, 1.82) is 0 Å². The van der Waals surface area contributed by atoms with Crippen LogP contribution < -0.4 is 10.9 Å². The maximum Gasteiger partial charge on any atom is 0.267 e. The minimum absolute atomic E-state index is 0.0504. The lowest BCUT2D eigenvalue weighted by Crippen LogP contribution is -2.29. The number of para-hydroxylation sites is 1. The van der Waals surface area contributed by atoms with Gasteiger partial charge in [0.2, 0.25) is 5.91 Å². The van der Waals surface area contributed by atoms with Crippen LogP contribution in [-0.2, 0) is 11.3 Å². The van der Waals surface area contributed by atoms with Crippen molar-refractivity contribution in [3.05, 3.63) is 81.9 Å². The summed E-state index contributed by atoms with van der Waals surface area (Å²) in [6.07, 6.45) is 0. The zero-order chi connectivity index (χ0) is 17.8. The Hall–Kier alpha value is -2.99. The molecule has 0 aliphatic carbocycles. The quantitative estimate of drug-likeness (QED) is 0.778. The van der Waals surface area contributed by atoms with Gasteiger partial charge in [0, 0.05) is 16.7 Å². The third-order valence-corrected chi connectivity index (χ3v) is 3.70. The molecule has 0 saturated carbocycles. The predicted octanol–water partition coefficient (Wildman–Crippen LogP) is 3.34. The minimum Gasteiger partial charge on any atom is -0.322 e. The Labute approximate surface area is 147 Å². The number of aromatic nitrogens is 2. The van der Waals surface area contributed by atoms with Crippen LogP contribution in [0.2, 0.25) is 5.02 Å². The molecule has 3 aromatic rings. The van der Waals surface area contributed by atoms with E-state index in [4.69, 9.17) is 11.6 Å². The van der Waals surface area contributed by atoms with Gasteiger partial charge in [0.15, 0.2) is 0 Å². The summed E-state index contributed by atoms with van der Waals surface area (Å²) >= 11 is 5.86. The van der Waals surface area contributed by atoms with E-state index in [0.29, 0.717) is 10.7 Å². The number of rotatable bonds is 4. The molecule has 5 nitrogen and oxygen atoms in total. The molecule has 0 aliphatic rings. The zero-order valence-corrected chi connectivity index (χ0v) is 13.7. The van der Waals surface area contributed by atoms with Crippen LogP contribution in [0.4, 0.5) is 10.1 Å². The first-order valence-corrected chi connectivity index (χ1v) is 7.79. The Morgan fingerprint density at radius 2 is 1.80 bits per heavy atom. The maximum absolute atomic E-state index is 13.6. The molecule has 7 heteroatoms. The van der Waals surface area contributed by atoms with Crippen LogP contribution >= 0.6 is 11.6 Å². The van der Waals surface area contributed by atoms with Gasteiger partial charge in [-0.1, -0.05) is 35.9 Å². The largest absolute Gasteiger partial charge is 0.322 e. The summed E-state index contributed by atoms with van der Waals surface area (Å²) in [5.74, 6) is -1.10. The normalized spacial score (nSPS) is 10.5. The second-order valence-corrected chi connectivity index (χ2v) is 5.69. The zero-order valence-electron chi connectivity index (χ0n) is 12.9. The van der Waals surface area contributed by atoms with Gasteiger partial charge in [-0.25, -0.2) is 9.07 Å². The summed E-state index contributed by atoms with van der Waals surface area (Å²) < 4.78 is 14.6. The van der Waals surface area contributed by atoms with E-state index in [1.54, 1.807) is 36.4 Å². The van der Waals surface area contributed by atoms with Crippen molar-refractivity contribution in [3.63, 3.8) is 0 Å². The van der Waals surface area contributed by atoms with Crippen LogP contribution in [0.3, 0.4) is 0 Å². The van der Waals surface area contributed by atoms with E-state index in [0.717, 1.165) is 10.2 Å². The number of nitrogens with zero attached hydrogens (tertiary/aromatic N) is 2. The number of nitrogens with one attached hydrogen (secondary N) is 1. The van der Waals surface area contributed by atoms with Crippen LogP contribution in [-0.4, -0.2) is 15.7 Å². The Kier molecular flexibility index (Phi) is 4.90. The van der Waals surface area contributed by atoms with Crippen molar-refractivity contribution in [2.24, 2.45) is 0 Å². The lowest BCUT2D eigenvalue weighted by atomic mass is 10.1. The summed E-state index contributed by atoms with van der Waals surface area (Å²) in [5, 5.41) is 7.19. The Balaban J connectivity index is 1.81. The molecule has 1 aromatic heterocycles. The molecule has 2 aromatic carbocycles. The summed E-state index contributed by atoms with van der Waals surface area (Å²) in [7, 11) is 0. The topological polar surface area (TPSA) is 64.0 Å². The lowest BCUT2D eigenvalue weighted by Gasteiger charge is -2.09. The number of carbonyl (C=O) groups is 1. The van der Waals surface area contributed by atoms with Gasteiger partial charge in [-0.15, -0.1) is 0 Å². The van der Waals surface area contributed by atoms with Gasteiger partial charge < -0.3 is 5.32 Å². The number of carbonyl (C=O) groups excluding carboxylic acids is 1. The van der Waals surface area contributed by atoms with Gasteiger partial charge in [-0.3, -0.25) is 9.59 Å². The van der Waals surface area contributed by atoms with E-state index in [2.05, 4.69) is 10.4 Å². The van der Waals surface area contributed by atoms with Gasteiger partial charge in [0.1, 0.15) is 12.4 Å². The molecule has 0 aliphatic heterocycles. The van der Waals surface area contributed by atoms with E-state index in [9.17, 15) is 14.0 Å². The first-order chi connectivity index (χ1) is 12.0. The highest BCUT2D eigenvalue weighted by Crippen LogP contribution is 2.18. The molecule has 0 unspecified atom stereocenters. The fraction of sp³-hybridized carbons (Fsp3) is 0.0556. The first kappa shape index (κ1) is 16.9. The molecule has 0 bridgehead atoms. The number of hydrogen-bond acceptors (Lipinski definition) is 3. The maximum atomic E-state index is 13.6. The second-order valence-electron chi connectivity index (χ2n) is 5.25. The second kappa shape index (κ2) is 7.27. The number of halogens is 2. The molecule has 0 atom stereocenters. The molecule has 1 amide bonds. The molecule has 0 saturated heterocycles. The standard InChI is InChI=1S/C18H13ClFN3O2/c19-13-7-5-12(6-8-13)15-9-10-18(25)23(22-15)11-17(24)21-16-4-2-1-3-14(16)20/h1-10H,11H2,(H,21,24). The average molecular weight is 358 g/mol. The molecule has 1 N–H and O–H groups in total. The van der Waals surface area contributed by atoms with Gasteiger partial charge >= 0.3 is 0 Å². The van der Waals surface area contributed by atoms with Crippen molar-refractivity contribution in [3.8, 4) is 11.3 Å². The molecule has 1 heterocycles. The molecule has 126 valence electrons. The van der Waals surface area contributed by atoms with E-state index in [-0.39, 0.29) is 12.2 Å². The van der Waals surface area contributed by atoms with Gasteiger partial charge in [-0.2, -0.15) is 5.10 Å². The van der Waals surface area contributed by atoms with Crippen molar-refractivity contribution in [1.82, 2.24) is 9.78 Å². The van der Waals surface area contributed by atoms with Gasteiger partial charge in [0.05, 0.1) is 11.4 Å². The molecular formula is C18H13ClFN3O2. The van der Waals surface area contributed by atoms with Crippen LogP contribution in [0.5, 0.6) is 0 Å². The Bertz CT molecular complexity index is 971. The van der Waals surface area contributed by atoms with Crippen LogP contribution in [0.15, 0.2) is 65.5 Å². The predicted molar refractivity (Wildman–Crippen MR) is 94.0 cm³/mol. The van der Waals surface area contributed by atoms with Crippen LogP contribution in [0, 0.1) is 5.82 Å². The third kappa shape index (κ3) is 4.10. The highest BCUT2D eigenvalue weighted by Gasteiger charge is 2.10. The number of hydrogen-bond donors (Lipinski definition) is 1. The smallest absolute Gasteiger partial charge is 0.267 e. The molecule has 3 rings (SSSR count). The number of anilines is 1. The SMILES string of the molecule is O=C(Cn1nc(-c2ccc(Cl)cc2)ccc1=O)Nc1ccccc1F. The summed E-state index contributed by atoms with van der Waals surface area (Å²) in [6, 6.07) is 15.6. The highest BCUT2D eigenvalue weighted by molar-refractivity contribution is 6.30.